The Labute approximate surface area is 198 Å². The Kier molecular flexibility index (Phi) is 6.38. The van der Waals surface area contributed by atoms with Gasteiger partial charge in [0.15, 0.2) is 11.5 Å². The minimum atomic E-state index is -0.0833. The van der Waals surface area contributed by atoms with Crippen molar-refractivity contribution in [3.05, 3.63) is 114 Å². The second-order valence-corrected chi connectivity index (χ2v) is 7.96. The predicted molar refractivity (Wildman–Crippen MR) is 132 cm³/mol. The number of anilines is 1. The van der Waals surface area contributed by atoms with Crippen LogP contribution in [0.3, 0.4) is 0 Å². The average Bonchev–Trinajstić information content (AvgIpc) is 3.40. The second-order valence-electron chi connectivity index (χ2n) is 7.96. The van der Waals surface area contributed by atoms with Gasteiger partial charge in [-0.15, -0.1) is 0 Å². The summed E-state index contributed by atoms with van der Waals surface area (Å²) in [5.41, 5.74) is 3.54. The fraction of sp³-hybridized carbons (Fsp3) is 0.143. The number of nitrogens with zero attached hydrogens (tertiary/aromatic N) is 3. The summed E-state index contributed by atoms with van der Waals surface area (Å²) in [7, 11) is 0. The number of fused-ring (bicyclic) bond motifs is 1. The summed E-state index contributed by atoms with van der Waals surface area (Å²) in [4.78, 5) is 15.3. The maximum atomic E-state index is 13.6. The first-order valence-corrected chi connectivity index (χ1v) is 11.3. The normalized spacial score (nSPS) is 12.6. The SMILES string of the molecule is O=C(c1ccc(Cn2cccn2)cc1)N(C/C=C/c1ccccc1)c1ccc2c(c1)OCCO2. The molecular weight excluding hydrogens is 426 g/mol. The predicted octanol–water partition coefficient (Wildman–Crippen LogP) is 5.06. The summed E-state index contributed by atoms with van der Waals surface area (Å²) in [6.07, 6.45) is 7.69. The smallest absolute Gasteiger partial charge is 0.258 e. The molecule has 0 radical (unpaired) electrons. The van der Waals surface area contributed by atoms with Gasteiger partial charge in [0, 0.05) is 36.3 Å². The van der Waals surface area contributed by atoms with Gasteiger partial charge in [-0.3, -0.25) is 9.48 Å². The van der Waals surface area contributed by atoms with E-state index in [-0.39, 0.29) is 5.91 Å². The molecule has 6 heteroatoms. The monoisotopic (exact) mass is 451 g/mol. The van der Waals surface area contributed by atoms with Crippen molar-refractivity contribution in [3.8, 4) is 11.5 Å². The average molecular weight is 452 g/mol. The quantitative estimate of drug-likeness (QED) is 0.394. The van der Waals surface area contributed by atoms with Crippen molar-refractivity contribution in [1.29, 1.82) is 0 Å². The van der Waals surface area contributed by atoms with Crippen molar-refractivity contribution in [3.63, 3.8) is 0 Å². The molecule has 1 amide bonds. The van der Waals surface area contributed by atoms with Crippen LogP contribution >= 0.6 is 0 Å². The number of rotatable bonds is 7. The molecule has 6 nitrogen and oxygen atoms in total. The van der Waals surface area contributed by atoms with Crippen molar-refractivity contribution in [2.45, 2.75) is 6.54 Å². The number of carbonyl (C=O) groups is 1. The molecule has 1 aliphatic heterocycles. The summed E-state index contributed by atoms with van der Waals surface area (Å²) in [5, 5.41) is 4.24. The first-order chi connectivity index (χ1) is 16.8. The first kappa shape index (κ1) is 21.5. The second kappa shape index (κ2) is 10.1. The number of amides is 1. The lowest BCUT2D eigenvalue weighted by atomic mass is 10.1. The zero-order valence-electron chi connectivity index (χ0n) is 18.7. The highest BCUT2D eigenvalue weighted by molar-refractivity contribution is 6.06. The van der Waals surface area contributed by atoms with Crippen molar-refractivity contribution >= 4 is 17.7 Å². The molecule has 4 aromatic rings. The number of benzene rings is 3. The van der Waals surface area contributed by atoms with Crippen LogP contribution < -0.4 is 14.4 Å². The maximum absolute atomic E-state index is 13.6. The molecule has 2 heterocycles. The lowest BCUT2D eigenvalue weighted by Gasteiger charge is -2.25. The molecule has 0 aliphatic carbocycles. The molecule has 34 heavy (non-hydrogen) atoms. The van der Waals surface area contributed by atoms with E-state index in [1.54, 1.807) is 11.1 Å². The standard InChI is InChI=1S/C28H25N3O3/c32-28(24-11-9-23(10-12-24)21-30-16-5-15-29-30)31(17-4-8-22-6-2-1-3-7-22)25-13-14-26-27(20-25)34-19-18-33-26/h1-16,20H,17-19,21H2/b8-4+. The minimum absolute atomic E-state index is 0.0833. The zero-order chi connectivity index (χ0) is 23.2. The fourth-order valence-corrected chi connectivity index (χ4v) is 3.85. The van der Waals surface area contributed by atoms with E-state index in [0.29, 0.717) is 43.4 Å². The van der Waals surface area contributed by atoms with Crippen molar-refractivity contribution < 1.29 is 14.3 Å². The highest BCUT2D eigenvalue weighted by atomic mass is 16.6. The molecule has 0 bridgehead atoms. The number of hydrogen-bond acceptors (Lipinski definition) is 4. The van der Waals surface area contributed by atoms with Crippen LogP contribution in [0.1, 0.15) is 21.5 Å². The minimum Gasteiger partial charge on any atom is -0.486 e. The van der Waals surface area contributed by atoms with Gasteiger partial charge in [-0.1, -0.05) is 54.6 Å². The number of ether oxygens (including phenoxy) is 2. The number of aromatic nitrogens is 2. The Morgan fingerprint density at radius 3 is 2.50 bits per heavy atom. The van der Waals surface area contributed by atoms with Crippen LogP contribution in [0.15, 0.2) is 97.3 Å². The molecule has 0 saturated carbocycles. The van der Waals surface area contributed by atoms with E-state index >= 15 is 0 Å². The summed E-state index contributed by atoms with van der Waals surface area (Å²) in [6, 6.07) is 25.2. The van der Waals surface area contributed by atoms with Gasteiger partial charge in [-0.05, 0) is 41.5 Å². The maximum Gasteiger partial charge on any atom is 0.258 e. The van der Waals surface area contributed by atoms with Crippen LogP contribution in [-0.2, 0) is 6.54 Å². The molecule has 170 valence electrons. The molecule has 1 aromatic heterocycles. The van der Waals surface area contributed by atoms with Crippen LogP contribution in [0.2, 0.25) is 0 Å². The largest absolute Gasteiger partial charge is 0.486 e. The van der Waals surface area contributed by atoms with Crippen LogP contribution in [0, 0.1) is 0 Å². The Morgan fingerprint density at radius 2 is 1.74 bits per heavy atom. The third-order valence-electron chi connectivity index (χ3n) is 5.59. The fourth-order valence-electron chi connectivity index (χ4n) is 3.85. The van der Waals surface area contributed by atoms with E-state index in [9.17, 15) is 4.79 Å². The van der Waals surface area contributed by atoms with Gasteiger partial charge in [-0.25, -0.2) is 0 Å². The van der Waals surface area contributed by atoms with Crippen molar-refractivity contribution in [1.82, 2.24) is 9.78 Å². The summed E-state index contributed by atoms with van der Waals surface area (Å²) in [5.74, 6) is 1.27. The van der Waals surface area contributed by atoms with E-state index in [1.807, 2.05) is 102 Å². The van der Waals surface area contributed by atoms with E-state index in [0.717, 1.165) is 16.8 Å². The number of carbonyl (C=O) groups excluding carboxylic acids is 1. The first-order valence-electron chi connectivity index (χ1n) is 11.3. The van der Waals surface area contributed by atoms with Crippen molar-refractivity contribution in [2.75, 3.05) is 24.7 Å². The Balaban J connectivity index is 1.40. The Morgan fingerprint density at radius 1 is 0.941 bits per heavy atom. The van der Waals surface area contributed by atoms with Crippen molar-refractivity contribution in [2.24, 2.45) is 0 Å². The molecule has 3 aromatic carbocycles. The highest BCUT2D eigenvalue weighted by Crippen LogP contribution is 2.34. The van der Waals surface area contributed by atoms with Gasteiger partial charge in [0.1, 0.15) is 13.2 Å². The summed E-state index contributed by atoms with van der Waals surface area (Å²) >= 11 is 0. The Hall–Kier alpha value is -4.32. The third-order valence-corrected chi connectivity index (χ3v) is 5.59. The van der Waals surface area contributed by atoms with E-state index in [2.05, 4.69) is 5.10 Å². The molecule has 0 saturated heterocycles. The van der Waals surface area contributed by atoms with Crippen LogP contribution in [0.4, 0.5) is 5.69 Å². The molecule has 0 atom stereocenters. The number of hydrogen-bond donors (Lipinski definition) is 0. The van der Waals surface area contributed by atoms with Gasteiger partial charge >= 0.3 is 0 Å². The molecule has 0 spiro atoms. The van der Waals surface area contributed by atoms with Gasteiger partial charge in [0.05, 0.1) is 6.54 Å². The van der Waals surface area contributed by atoms with E-state index < -0.39 is 0 Å². The van der Waals surface area contributed by atoms with Gasteiger partial charge < -0.3 is 14.4 Å². The topological polar surface area (TPSA) is 56.6 Å². The lowest BCUT2D eigenvalue weighted by molar-refractivity contribution is 0.0989. The molecule has 0 fully saturated rings. The van der Waals surface area contributed by atoms with Crippen LogP contribution in [-0.4, -0.2) is 35.4 Å². The highest BCUT2D eigenvalue weighted by Gasteiger charge is 2.20. The molecule has 0 unspecified atom stereocenters. The summed E-state index contributed by atoms with van der Waals surface area (Å²) < 4.78 is 13.3. The van der Waals surface area contributed by atoms with Gasteiger partial charge in [-0.2, -0.15) is 5.10 Å². The van der Waals surface area contributed by atoms with Gasteiger partial charge in [0.25, 0.3) is 5.91 Å². The zero-order valence-corrected chi connectivity index (χ0v) is 18.7. The lowest BCUT2D eigenvalue weighted by Crippen LogP contribution is -2.31. The molecule has 5 rings (SSSR count). The van der Waals surface area contributed by atoms with Crippen LogP contribution in [0.5, 0.6) is 11.5 Å². The summed E-state index contributed by atoms with van der Waals surface area (Å²) in [6.45, 7) is 2.10. The third kappa shape index (κ3) is 5.02. The van der Waals surface area contributed by atoms with E-state index in [1.165, 1.54) is 0 Å². The Bertz CT molecular complexity index is 1270. The van der Waals surface area contributed by atoms with E-state index in [4.69, 9.17) is 9.47 Å². The van der Waals surface area contributed by atoms with Crippen LogP contribution in [0.25, 0.3) is 6.08 Å². The molecule has 0 N–H and O–H groups in total. The molecular formula is C28H25N3O3. The van der Waals surface area contributed by atoms with Gasteiger partial charge in [0.2, 0.25) is 0 Å². The molecule has 1 aliphatic rings.